The van der Waals surface area contributed by atoms with Crippen LogP contribution in [0, 0.1) is 0 Å². The van der Waals surface area contributed by atoms with Crippen LogP contribution in [0.15, 0.2) is 37.8 Å². The van der Waals surface area contributed by atoms with Crippen molar-refractivity contribution in [1.82, 2.24) is 0 Å². The quantitative estimate of drug-likeness (QED) is 0.288. The van der Waals surface area contributed by atoms with Crippen LogP contribution in [0.4, 0.5) is 0 Å². The van der Waals surface area contributed by atoms with Gasteiger partial charge in [0.25, 0.3) is 0 Å². The topological polar surface area (TPSA) is 35.5 Å². The molecule has 0 saturated carbocycles. The van der Waals surface area contributed by atoms with E-state index in [2.05, 4.69) is 36.1 Å². The van der Waals surface area contributed by atoms with Gasteiger partial charge in [-0.1, -0.05) is 39.5 Å². The van der Waals surface area contributed by atoms with E-state index in [-0.39, 0.29) is 5.97 Å². The molecule has 16 heavy (non-hydrogen) atoms. The largest absolute Gasteiger partial charge is 0.474 e. The van der Waals surface area contributed by atoms with E-state index < -0.39 is 0 Å². The van der Waals surface area contributed by atoms with E-state index in [4.69, 9.17) is 0 Å². The van der Waals surface area contributed by atoms with Crippen LogP contribution in [-0.4, -0.2) is 13.1 Å². The van der Waals surface area contributed by atoms with Crippen LogP contribution >= 0.6 is 0 Å². The number of hydrogen-bond donors (Lipinski definition) is 0. The summed E-state index contributed by atoms with van der Waals surface area (Å²) in [5.41, 5.74) is 0.584. The first-order valence-corrected chi connectivity index (χ1v) is 5.27. The summed E-state index contributed by atoms with van der Waals surface area (Å²) in [4.78, 5) is 10.8. The highest BCUT2D eigenvalue weighted by molar-refractivity contribution is 5.87. The number of esters is 1. The van der Waals surface area contributed by atoms with Crippen molar-refractivity contribution in [3.05, 3.63) is 37.8 Å². The van der Waals surface area contributed by atoms with Crippen LogP contribution in [0.2, 0.25) is 0 Å². The number of hydrogen-bond acceptors (Lipinski definition) is 3. The van der Waals surface area contributed by atoms with Crippen molar-refractivity contribution in [3.63, 3.8) is 0 Å². The Morgan fingerprint density at radius 2 is 1.81 bits per heavy atom. The Labute approximate surface area is 98.4 Å². The van der Waals surface area contributed by atoms with E-state index >= 15 is 0 Å². The van der Waals surface area contributed by atoms with Crippen molar-refractivity contribution >= 4 is 5.97 Å². The van der Waals surface area contributed by atoms with E-state index in [9.17, 15) is 4.79 Å². The third-order valence-electron chi connectivity index (χ3n) is 1.75. The van der Waals surface area contributed by atoms with Gasteiger partial charge in [0.1, 0.15) is 0 Å². The van der Waals surface area contributed by atoms with Gasteiger partial charge in [0.15, 0.2) is 0 Å². The Hall–Kier alpha value is -1.51. The van der Waals surface area contributed by atoms with Gasteiger partial charge >= 0.3 is 5.97 Å². The van der Waals surface area contributed by atoms with Crippen molar-refractivity contribution in [2.75, 3.05) is 7.11 Å². The van der Waals surface area contributed by atoms with Gasteiger partial charge in [-0.2, -0.15) is 0 Å². The van der Waals surface area contributed by atoms with Gasteiger partial charge in [-0.05, 0) is 12.8 Å². The zero-order valence-corrected chi connectivity index (χ0v) is 10.3. The fourth-order valence-electron chi connectivity index (χ4n) is 0.903. The lowest BCUT2D eigenvalue weighted by atomic mass is 10.1. The van der Waals surface area contributed by atoms with E-state index in [1.165, 1.54) is 19.6 Å². The Balaban J connectivity index is 0. The van der Waals surface area contributed by atoms with Crippen molar-refractivity contribution in [3.8, 4) is 0 Å². The number of rotatable bonds is 7. The zero-order valence-electron chi connectivity index (χ0n) is 10.3. The molecule has 0 heterocycles. The van der Waals surface area contributed by atoms with Gasteiger partial charge < -0.3 is 9.47 Å². The Bertz CT molecular complexity index is 213. The summed E-state index contributed by atoms with van der Waals surface area (Å²) in [6, 6.07) is 0. The minimum atomic E-state index is -0.277. The highest BCUT2D eigenvalue weighted by Crippen LogP contribution is 2.07. The first kappa shape index (κ1) is 16.9. The first-order valence-electron chi connectivity index (χ1n) is 5.27. The summed E-state index contributed by atoms with van der Waals surface area (Å²) in [5.74, 6) is -0.277. The minimum absolute atomic E-state index is 0.277. The van der Waals surface area contributed by atoms with E-state index in [1.54, 1.807) is 0 Å². The summed E-state index contributed by atoms with van der Waals surface area (Å²) in [6.45, 7) is 12.3. The molecule has 0 N–H and O–H groups in total. The molecule has 0 bridgehead atoms. The maximum absolute atomic E-state index is 10.8. The van der Waals surface area contributed by atoms with Crippen LogP contribution < -0.4 is 0 Å². The molecule has 0 aliphatic heterocycles. The normalized spacial score (nSPS) is 8.12. The lowest BCUT2D eigenvalue weighted by molar-refractivity contribution is -0.136. The summed E-state index contributed by atoms with van der Waals surface area (Å²) >= 11 is 0. The molecule has 0 rings (SSSR count). The summed E-state index contributed by atoms with van der Waals surface area (Å²) < 4.78 is 8.87. The molecule has 0 amide bonds. The predicted octanol–water partition coefficient (Wildman–Crippen LogP) is 3.59. The van der Waals surface area contributed by atoms with E-state index in [0.29, 0.717) is 5.57 Å². The number of unbranched alkanes of at least 4 members (excludes halogenated alkanes) is 2. The molecule has 0 aromatic carbocycles. The van der Waals surface area contributed by atoms with Crippen molar-refractivity contribution in [2.45, 2.75) is 32.6 Å². The van der Waals surface area contributed by atoms with Gasteiger partial charge in [-0.3, -0.25) is 0 Å². The number of carbonyl (C=O) groups is 1. The fourth-order valence-corrected chi connectivity index (χ4v) is 0.903. The van der Waals surface area contributed by atoms with Crippen LogP contribution in [0.25, 0.3) is 0 Å². The Morgan fingerprint density at radius 1 is 1.25 bits per heavy atom. The standard InChI is InChI=1S/C9H16O2.C4H6O/c1-4-5-6-7-8(2)9(10)11-3;1-3-5-4-2/h2,4-7H2,1,3H3;3-4H,1-2H2. The molecule has 0 fully saturated rings. The predicted molar refractivity (Wildman–Crippen MR) is 66.8 cm³/mol. The van der Waals surface area contributed by atoms with Crippen LogP contribution in [-0.2, 0) is 14.3 Å². The third-order valence-corrected chi connectivity index (χ3v) is 1.75. The molecule has 0 atom stereocenters. The monoisotopic (exact) mass is 226 g/mol. The second kappa shape index (κ2) is 13.5. The minimum Gasteiger partial charge on any atom is -0.474 e. The van der Waals surface area contributed by atoms with Crippen molar-refractivity contribution < 1.29 is 14.3 Å². The second-order valence-electron chi connectivity index (χ2n) is 3.02. The third kappa shape index (κ3) is 12.5. The highest BCUT2D eigenvalue weighted by Gasteiger charge is 2.04. The molecule has 0 aliphatic carbocycles. The average molecular weight is 226 g/mol. The van der Waals surface area contributed by atoms with Crippen molar-refractivity contribution in [1.29, 1.82) is 0 Å². The van der Waals surface area contributed by atoms with Gasteiger partial charge in [0.05, 0.1) is 19.6 Å². The number of carbonyl (C=O) groups excluding carboxylic acids is 1. The maximum atomic E-state index is 10.8. The molecule has 0 saturated heterocycles. The van der Waals surface area contributed by atoms with Gasteiger partial charge in [-0.25, -0.2) is 4.79 Å². The van der Waals surface area contributed by atoms with Gasteiger partial charge in [-0.15, -0.1) is 0 Å². The molecule has 0 radical (unpaired) electrons. The van der Waals surface area contributed by atoms with Crippen LogP contribution in [0.1, 0.15) is 32.6 Å². The van der Waals surface area contributed by atoms with Crippen LogP contribution in [0.3, 0.4) is 0 Å². The smallest absolute Gasteiger partial charge is 0.333 e. The Kier molecular flexibility index (Phi) is 14.3. The SMILES string of the molecule is C=C(CCCCC)C(=O)OC.C=COC=C. The molecule has 0 aliphatic rings. The Morgan fingerprint density at radius 3 is 2.12 bits per heavy atom. The zero-order chi connectivity index (χ0) is 12.8. The molecule has 0 aromatic heterocycles. The average Bonchev–Trinajstić information content (AvgIpc) is 2.30. The van der Waals surface area contributed by atoms with Crippen molar-refractivity contribution in [2.24, 2.45) is 0 Å². The lowest BCUT2D eigenvalue weighted by Gasteiger charge is -2.01. The van der Waals surface area contributed by atoms with E-state index in [0.717, 1.165) is 25.7 Å². The molecule has 92 valence electrons. The molecule has 3 nitrogen and oxygen atoms in total. The molecule has 0 unspecified atom stereocenters. The summed E-state index contributed by atoms with van der Waals surface area (Å²) in [5, 5.41) is 0. The second-order valence-corrected chi connectivity index (χ2v) is 3.02. The summed E-state index contributed by atoms with van der Waals surface area (Å²) in [7, 11) is 1.38. The maximum Gasteiger partial charge on any atom is 0.333 e. The fraction of sp³-hybridized carbons (Fsp3) is 0.462. The molecule has 0 aromatic rings. The number of ether oxygens (including phenoxy) is 2. The van der Waals surface area contributed by atoms with Crippen LogP contribution in [0.5, 0.6) is 0 Å². The number of methoxy groups -OCH3 is 1. The van der Waals surface area contributed by atoms with Gasteiger partial charge in [0, 0.05) is 5.57 Å². The summed E-state index contributed by atoms with van der Waals surface area (Å²) in [6.07, 6.45) is 6.73. The first-order chi connectivity index (χ1) is 7.63. The highest BCUT2D eigenvalue weighted by atomic mass is 16.5. The molecule has 3 heteroatoms. The van der Waals surface area contributed by atoms with Gasteiger partial charge in [0.2, 0.25) is 0 Å². The molecular weight excluding hydrogens is 204 g/mol. The molecule has 0 spiro atoms. The molecular formula is C13H22O3. The lowest BCUT2D eigenvalue weighted by Crippen LogP contribution is -2.03. The van der Waals surface area contributed by atoms with E-state index in [1.807, 2.05) is 0 Å².